The fourth-order valence-electron chi connectivity index (χ4n) is 1.39. The number of aromatic hydroxyl groups is 1. The van der Waals surface area contributed by atoms with E-state index < -0.39 is 6.04 Å². The molecule has 4 heteroatoms. The van der Waals surface area contributed by atoms with Gasteiger partial charge in [-0.05, 0) is 12.1 Å². The van der Waals surface area contributed by atoms with E-state index in [4.69, 9.17) is 15.3 Å². The average Bonchev–Trinajstić information content (AvgIpc) is 2.56. The Labute approximate surface area is 80.6 Å². The highest BCUT2D eigenvalue weighted by molar-refractivity contribution is 5.85. The van der Waals surface area contributed by atoms with Gasteiger partial charge in [-0.15, -0.1) is 0 Å². The zero-order valence-electron chi connectivity index (χ0n) is 7.47. The molecule has 0 aliphatic carbocycles. The fourth-order valence-corrected chi connectivity index (χ4v) is 1.39. The smallest absolute Gasteiger partial charge is 0.166 e. The maximum Gasteiger partial charge on any atom is 0.166 e. The highest BCUT2D eigenvalue weighted by Gasteiger charge is 2.18. The molecule has 0 spiro atoms. The van der Waals surface area contributed by atoms with Crippen LogP contribution in [0.5, 0.6) is 5.75 Å². The van der Waals surface area contributed by atoms with Gasteiger partial charge in [-0.1, -0.05) is 12.1 Å². The molecule has 1 unspecified atom stereocenters. The van der Waals surface area contributed by atoms with E-state index in [1.165, 1.54) is 0 Å². The first kappa shape index (κ1) is 9.05. The van der Waals surface area contributed by atoms with Gasteiger partial charge in [0.25, 0.3) is 0 Å². The van der Waals surface area contributed by atoms with Gasteiger partial charge < -0.3 is 20.4 Å². The van der Waals surface area contributed by atoms with Gasteiger partial charge in [0.1, 0.15) is 5.58 Å². The normalized spacial score (nSPS) is 13.3. The topological polar surface area (TPSA) is 79.6 Å². The van der Waals surface area contributed by atoms with Crippen molar-refractivity contribution in [2.24, 2.45) is 5.73 Å². The Morgan fingerprint density at radius 3 is 2.71 bits per heavy atom. The van der Waals surface area contributed by atoms with E-state index in [9.17, 15) is 5.11 Å². The molecule has 1 aromatic carbocycles. The zero-order valence-corrected chi connectivity index (χ0v) is 7.47. The van der Waals surface area contributed by atoms with Crippen LogP contribution < -0.4 is 5.73 Å². The van der Waals surface area contributed by atoms with E-state index in [0.29, 0.717) is 11.0 Å². The van der Waals surface area contributed by atoms with Crippen LogP contribution in [-0.4, -0.2) is 16.8 Å². The molecule has 1 atom stereocenters. The van der Waals surface area contributed by atoms with Crippen molar-refractivity contribution in [1.29, 1.82) is 0 Å². The molecule has 4 N–H and O–H groups in total. The number of benzene rings is 1. The lowest BCUT2D eigenvalue weighted by atomic mass is 10.2. The molecule has 74 valence electrons. The van der Waals surface area contributed by atoms with E-state index >= 15 is 0 Å². The predicted molar refractivity (Wildman–Crippen MR) is 51.9 cm³/mol. The van der Waals surface area contributed by atoms with Crippen LogP contribution >= 0.6 is 0 Å². The Bertz CT molecular complexity index is 450. The summed E-state index contributed by atoms with van der Waals surface area (Å²) in [4.78, 5) is 0. The summed E-state index contributed by atoms with van der Waals surface area (Å²) < 4.78 is 5.32. The summed E-state index contributed by atoms with van der Waals surface area (Å²) in [7, 11) is 0. The number of para-hydroxylation sites is 1. The molecule has 14 heavy (non-hydrogen) atoms. The molecule has 2 aromatic rings. The highest BCUT2D eigenvalue weighted by Crippen LogP contribution is 2.34. The number of aliphatic hydroxyl groups is 1. The van der Waals surface area contributed by atoms with Gasteiger partial charge in [0.2, 0.25) is 0 Å². The van der Waals surface area contributed by atoms with Gasteiger partial charge in [-0.2, -0.15) is 0 Å². The average molecular weight is 193 g/mol. The number of aliphatic hydroxyl groups excluding tert-OH is 1. The van der Waals surface area contributed by atoms with Gasteiger partial charge in [0.15, 0.2) is 11.5 Å². The molecule has 0 aliphatic heterocycles. The summed E-state index contributed by atoms with van der Waals surface area (Å²) in [6.07, 6.45) is 0. The van der Waals surface area contributed by atoms with Crippen LogP contribution in [0.1, 0.15) is 11.8 Å². The Kier molecular flexibility index (Phi) is 2.15. The lowest BCUT2D eigenvalue weighted by Gasteiger charge is -2.03. The number of nitrogens with two attached hydrogens (primary N) is 1. The third-order valence-electron chi connectivity index (χ3n) is 2.13. The molecular formula is C10H11NO3. The van der Waals surface area contributed by atoms with Crippen LogP contribution in [-0.2, 0) is 0 Å². The fraction of sp³-hybridized carbons (Fsp3) is 0.200. The SMILES string of the molecule is NC(CO)c1oc2ccccc2c1O. The minimum atomic E-state index is -0.678. The van der Waals surface area contributed by atoms with Crippen molar-refractivity contribution in [3.63, 3.8) is 0 Å². The number of fused-ring (bicyclic) bond motifs is 1. The molecule has 1 heterocycles. The summed E-state index contributed by atoms with van der Waals surface area (Å²) in [6.45, 7) is -0.257. The molecule has 0 fully saturated rings. The monoisotopic (exact) mass is 193 g/mol. The van der Waals surface area contributed by atoms with E-state index in [-0.39, 0.29) is 18.1 Å². The van der Waals surface area contributed by atoms with Gasteiger partial charge in [0.05, 0.1) is 18.0 Å². The van der Waals surface area contributed by atoms with E-state index in [1.807, 2.05) is 0 Å². The second kappa shape index (κ2) is 3.32. The van der Waals surface area contributed by atoms with Gasteiger partial charge in [-0.25, -0.2) is 0 Å². The Morgan fingerprint density at radius 1 is 1.36 bits per heavy atom. The molecule has 0 saturated heterocycles. The zero-order chi connectivity index (χ0) is 10.1. The van der Waals surface area contributed by atoms with Crippen LogP contribution in [0.4, 0.5) is 0 Å². The van der Waals surface area contributed by atoms with Crippen LogP contribution in [0.25, 0.3) is 11.0 Å². The standard InChI is InChI=1S/C10H11NO3/c11-7(5-12)10-9(13)6-3-1-2-4-8(6)14-10/h1-4,7,12-13H,5,11H2. The van der Waals surface area contributed by atoms with Crippen molar-refractivity contribution in [3.05, 3.63) is 30.0 Å². The van der Waals surface area contributed by atoms with Crippen LogP contribution in [0.3, 0.4) is 0 Å². The molecule has 4 nitrogen and oxygen atoms in total. The number of hydrogen-bond donors (Lipinski definition) is 3. The molecule has 0 radical (unpaired) electrons. The van der Waals surface area contributed by atoms with Crippen molar-refractivity contribution in [2.45, 2.75) is 6.04 Å². The van der Waals surface area contributed by atoms with Crippen molar-refractivity contribution < 1.29 is 14.6 Å². The van der Waals surface area contributed by atoms with Crippen LogP contribution in [0, 0.1) is 0 Å². The first-order chi connectivity index (χ1) is 6.74. The van der Waals surface area contributed by atoms with Gasteiger partial charge in [0, 0.05) is 0 Å². The lowest BCUT2D eigenvalue weighted by Crippen LogP contribution is -2.13. The van der Waals surface area contributed by atoms with Gasteiger partial charge >= 0.3 is 0 Å². The van der Waals surface area contributed by atoms with Gasteiger partial charge in [-0.3, -0.25) is 0 Å². The lowest BCUT2D eigenvalue weighted by molar-refractivity contribution is 0.249. The quantitative estimate of drug-likeness (QED) is 0.668. The van der Waals surface area contributed by atoms with Crippen molar-refractivity contribution in [1.82, 2.24) is 0 Å². The summed E-state index contributed by atoms with van der Waals surface area (Å²) in [5.41, 5.74) is 6.13. The Morgan fingerprint density at radius 2 is 2.07 bits per heavy atom. The number of rotatable bonds is 2. The molecule has 0 amide bonds. The number of hydrogen-bond acceptors (Lipinski definition) is 4. The van der Waals surface area contributed by atoms with Crippen LogP contribution in [0.15, 0.2) is 28.7 Å². The molecule has 1 aromatic heterocycles. The maximum absolute atomic E-state index is 9.71. The highest BCUT2D eigenvalue weighted by atomic mass is 16.4. The third kappa shape index (κ3) is 1.25. The largest absolute Gasteiger partial charge is 0.504 e. The first-order valence-corrected chi connectivity index (χ1v) is 4.31. The Balaban J connectivity index is 2.62. The van der Waals surface area contributed by atoms with Crippen LogP contribution in [0.2, 0.25) is 0 Å². The Hall–Kier alpha value is -1.52. The maximum atomic E-state index is 9.71. The summed E-state index contributed by atoms with van der Waals surface area (Å²) in [6, 6.07) is 6.40. The van der Waals surface area contributed by atoms with Crippen molar-refractivity contribution in [2.75, 3.05) is 6.61 Å². The van der Waals surface area contributed by atoms with E-state index in [2.05, 4.69) is 0 Å². The molecule has 0 saturated carbocycles. The summed E-state index contributed by atoms with van der Waals surface area (Å²) in [5.74, 6) is 0.246. The minimum absolute atomic E-state index is 0.0159. The second-order valence-electron chi connectivity index (χ2n) is 3.10. The van der Waals surface area contributed by atoms with Crippen molar-refractivity contribution in [3.8, 4) is 5.75 Å². The minimum Gasteiger partial charge on any atom is -0.504 e. The number of furan rings is 1. The molecule has 0 bridgehead atoms. The molecule has 0 aliphatic rings. The van der Waals surface area contributed by atoms with E-state index in [1.54, 1.807) is 24.3 Å². The van der Waals surface area contributed by atoms with E-state index in [0.717, 1.165) is 0 Å². The summed E-state index contributed by atoms with van der Waals surface area (Å²) >= 11 is 0. The first-order valence-electron chi connectivity index (χ1n) is 4.31. The predicted octanol–water partition coefficient (Wildman–Crippen LogP) is 1.13. The third-order valence-corrected chi connectivity index (χ3v) is 2.13. The molecular weight excluding hydrogens is 182 g/mol. The second-order valence-corrected chi connectivity index (χ2v) is 3.10. The summed E-state index contributed by atoms with van der Waals surface area (Å²) in [5, 5.41) is 19.2. The van der Waals surface area contributed by atoms with Crippen molar-refractivity contribution >= 4 is 11.0 Å². The molecule has 2 rings (SSSR count).